The van der Waals surface area contributed by atoms with Crippen LogP contribution >= 0.6 is 0 Å². The summed E-state index contributed by atoms with van der Waals surface area (Å²) in [5.41, 5.74) is 3.66. The molecule has 2 heteroatoms. The first-order valence-electron chi connectivity index (χ1n) is 7.17. The Bertz CT molecular complexity index is 698. The van der Waals surface area contributed by atoms with Crippen molar-refractivity contribution in [3.05, 3.63) is 83.8 Å². The minimum atomic E-state index is 0.0866. The predicted molar refractivity (Wildman–Crippen MR) is 86.2 cm³/mol. The van der Waals surface area contributed by atoms with Crippen molar-refractivity contribution in [3.63, 3.8) is 0 Å². The summed E-state index contributed by atoms with van der Waals surface area (Å²) in [7, 11) is 1.95. The zero-order valence-corrected chi connectivity index (χ0v) is 12.3. The highest BCUT2D eigenvalue weighted by atomic mass is 16.3. The summed E-state index contributed by atoms with van der Waals surface area (Å²) in [6, 6.07) is 23.1. The highest BCUT2D eigenvalue weighted by Crippen LogP contribution is 2.26. The molecule has 0 amide bonds. The Labute approximate surface area is 125 Å². The van der Waals surface area contributed by atoms with Crippen LogP contribution in [-0.2, 0) is 0 Å². The monoisotopic (exact) mass is 277 g/mol. The van der Waals surface area contributed by atoms with Gasteiger partial charge >= 0.3 is 0 Å². The van der Waals surface area contributed by atoms with E-state index >= 15 is 0 Å². The molecule has 1 heterocycles. The maximum absolute atomic E-state index is 5.74. The van der Waals surface area contributed by atoms with Crippen molar-refractivity contribution in [2.45, 2.75) is 13.0 Å². The van der Waals surface area contributed by atoms with Gasteiger partial charge in [-0.05, 0) is 42.8 Å². The summed E-state index contributed by atoms with van der Waals surface area (Å²) in [6.07, 6.45) is 0. The molecule has 1 aromatic heterocycles. The van der Waals surface area contributed by atoms with E-state index < -0.39 is 0 Å². The average Bonchev–Trinajstić information content (AvgIpc) is 2.96. The van der Waals surface area contributed by atoms with Gasteiger partial charge in [0.25, 0.3) is 0 Å². The van der Waals surface area contributed by atoms with E-state index in [1.165, 1.54) is 16.7 Å². The summed E-state index contributed by atoms with van der Waals surface area (Å²) in [5.74, 6) is 1.88. The molecule has 0 aliphatic carbocycles. The smallest absolute Gasteiger partial charge is 0.125 e. The van der Waals surface area contributed by atoms with Crippen LogP contribution in [0.1, 0.15) is 23.1 Å². The minimum Gasteiger partial charge on any atom is -0.464 e. The number of benzene rings is 2. The van der Waals surface area contributed by atoms with Crippen molar-refractivity contribution < 1.29 is 4.42 Å². The first-order valence-corrected chi connectivity index (χ1v) is 7.17. The minimum absolute atomic E-state index is 0.0866. The van der Waals surface area contributed by atoms with Gasteiger partial charge in [-0.2, -0.15) is 0 Å². The van der Waals surface area contributed by atoms with E-state index in [0.717, 1.165) is 11.5 Å². The molecule has 0 saturated carbocycles. The topological polar surface area (TPSA) is 25.2 Å². The van der Waals surface area contributed by atoms with Gasteiger partial charge in [-0.1, -0.05) is 54.6 Å². The zero-order valence-electron chi connectivity index (χ0n) is 12.3. The molecule has 3 rings (SSSR count). The molecule has 1 unspecified atom stereocenters. The molecule has 2 aromatic carbocycles. The van der Waals surface area contributed by atoms with Gasteiger partial charge in [0.1, 0.15) is 11.5 Å². The van der Waals surface area contributed by atoms with E-state index in [-0.39, 0.29) is 6.04 Å². The molecule has 0 fully saturated rings. The van der Waals surface area contributed by atoms with Crippen LogP contribution in [0, 0.1) is 6.92 Å². The van der Waals surface area contributed by atoms with Crippen molar-refractivity contribution in [1.82, 2.24) is 5.32 Å². The van der Waals surface area contributed by atoms with Crippen molar-refractivity contribution in [1.29, 1.82) is 0 Å². The largest absolute Gasteiger partial charge is 0.464 e. The Morgan fingerprint density at radius 1 is 0.810 bits per heavy atom. The zero-order chi connectivity index (χ0) is 14.7. The second-order valence-electron chi connectivity index (χ2n) is 5.16. The van der Waals surface area contributed by atoms with Gasteiger partial charge in [-0.25, -0.2) is 0 Å². The van der Waals surface area contributed by atoms with Gasteiger partial charge in [-0.3, -0.25) is 0 Å². The lowest BCUT2D eigenvalue weighted by molar-refractivity contribution is 0.444. The van der Waals surface area contributed by atoms with E-state index in [2.05, 4.69) is 53.8 Å². The van der Waals surface area contributed by atoms with Crippen molar-refractivity contribution in [2.24, 2.45) is 0 Å². The molecule has 0 spiro atoms. The van der Waals surface area contributed by atoms with Crippen molar-refractivity contribution in [3.8, 4) is 11.1 Å². The number of nitrogens with one attached hydrogen (secondary N) is 1. The van der Waals surface area contributed by atoms with Crippen LogP contribution in [0.15, 0.2) is 71.1 Å². The number of furan rings is 1. The molecule has 1 atom stereocenters. The Morgan fingerprint density at radius 2 is 1.48 bits per heavy atom. The van der Waals surface area contributed by atoms with Gasteiger partial charge < -0.3 is 9.73 Å². The van der Waals surface area contributed by atoms with Crippen LogP contribution < -0.4 is 5.32 Å². The van der Waals surface area contributed by atoms with Gasteiger partial charge in [0, 0.05) is 0 Å². The normalized spacial score (nSPS) is 12.3. The van der Waals surface area contributed by atoms with E-state index in [4.69, 9.17) is 4.42 Å². The van der Waals surface area contributed by atoms with Crippen LogP contribution in [0.3, 0.4) is 0 Å². The lowest BCUT2D eigenvalue weighted by atomic mass is 10.00. The van der Waals surface area contributed by atoms with Crippen LogP contribution in [-0.4, -0.2) is 7.05 Å². The van der Waals surface area contributed by atoms with E-state index in [1.807, 2.05) is 32.2 Å². The molecule has 0 bridgehead atoms. The Kier molecular flexibility index (Phi) is 3.89. The second kappa shape index (κ2) is 5.98. The van der Waals surface area contributed by atoms with Crippen LogP contribution in [0.2, 0.25) is 0 Å². The summed E-state index contributed by atoms with van der Waals surface area (Å²) in [6.45, 7) is 1.97. The van der Waals surface area contributed by atoms with E-state index in [9.17, 15) is 0 Å². The number of aryl methyl sites for hydroxylation is 1. The number of hydrogen-bond donors (Lipinski definition) is 1. The van der Waals surface area contributed by atoms with E-state index in [0.29, 0.717) is 0 Å². The average molecular weight is 277 g/mol. The molecule has 1 N–H and O–H groups in total. The summed E-state index contributed by atoms with van der Waals surface area (Å²) < 4.78 is 5.74. The molecular formula is C19H19NO. The number of hydrogen-bond acceptors (Lipinski definition) is 2. The maximum atomic E-state index is 5.74. The maximum Gasteiger partial charge on any atom is 0.125 e. The van der Waals surface area contributed by atoms with Crippen molar-refractivity contribution in [2.75, 3.05) is 7.05 Å². The molecular weight excluding hydrogens is 258 g/mol. The fourth-order valence-electron chi connectivity index (χ4n) is 2.58. The lowest BCUT2D eigenvalue weighted by Gasteiger charge is -2.14. The first kappa shape index (κ1) is 13.7. The van der Waals surface area contributed by atoms with Crippen molar-refractivity contribution >= 4 is 0 Å². The molecule has 0 aliphatic rings. The summed E-state index contributed by atoms with van der Waals surface area (Å²) in [4.78, 5) is 0. The third kappa shape index (κ3) is 2.91. The van der Waals surface area contributed by atoms with Gasteiger partial charge in [-0.15, -0.1) is 0 Å². The highest BCUT2D eigenvalue weighted by Gasteiger charge is 2.15. The molecule has 2 nitrogen and oxygen atoms in total. The quantitative estimate of drug-likeness (QED) is 0.756. The summed E-state index contributed by atoms with van der Waals surface area (Å²) in [5, 5.41) is 3.31. The molecule has 21 heavy (non-hydrogen) atoms. The fraction of sp³-hybridized carbons (Fsp3) is 0.158. The molecule has 0 saturated heterocycles. The molecule has 106 valence electrons. The molecule has 0 radical (unpaired) electrons. The Morgan fingerprint density at radius 3 is 2.05 bits per heavy atom. The number of rotatable bonds is 4. The van der Waals surface area contributed by atoms with Gasteiger partial charge in [0.15, 0.2) is 0 Å². The van der Waals surface area contributed by atoms with Gasteiger partial charge in [0.05, 0.1) is 6.04 Å². The molecule has 0 aliphatic heterocycles. The fourth-order valence-corrected chi connectivity index (χ4v) is 2.58. The Hall–Kier alpha value is -2.32. The van der Waals surface area contributed by atoms with Crippen LogP contribution in [0.5, 0.6) is 0 Å². The lowest BCUT2D eigenvalue weighted by Crippen LogP contribution is -2.16. The Balaban J connectivity index is 1.89. The van der Waals surface area contributed by atoms with Crippen LogP contribution in [0.4, 0.5) is 0 Å². The standard InChI is InChI=1S/C19H19NO/c1-14-8-13-18(21-14)19(20-2)17-11-9-16(10-12-17)15-6-4-3-5-7-15/h3-13,19-20H,1-2H3. The highest BCUT2D eigenvalue weighted by molar-refractivity contribution is 5.63. The SMILES string of the molecule is CNC(c1ccc(-c2ccccc2)cc1)c1ccc(C)o1. The first-order chi connectivity index (χ1) is 10.3. The summed E-state index contributed by atoms with van der Waals surface area (Å²) >= 11 is 0. The predicted octanol–water partition coefficient (Wildman–Crippen LogP) is 4.56. The molecule has 3 aromatic rings. The van der Waals surface area contributed by atoms with E-state index in [1.54, 1.807) is 0 Å². The van der Waals surface area contributed by atoms with Gasteiger partial charge in [0.2, 0.25) is 0 Å². The third-order valence-corrected chi connectivity index (χ3v) is 3.69. The third-order valence-electron chi connectivity index (χ3n) is 3.69. The second-order valence-corrected chi connectivity index (χ2v) is 5.16. The van der Waals surface area contributed by atoms with Crippen LogP contribution in [0.25, 0.3) is 11.1 Å².